The van der Waals surface area contributed by atoms with Gasteiger partial charge in [0.05, 0.1) is 5.56 Å². The zero-order valence-corrected chi connectivity index (χ0v) is 16.5. The van der Waals surface area contributed by atoms with Gasteiger partial charge in [-0.2, -0.15) is 0 Å². The predicted molar refractivity (Wildman–Crippen MR) is 117 cm³/mol. The van der Waals surface area contributed by atoms with Crippen LogP contribution in [-0.2, 0) is 6.42 Å². The van der Waals surface area contributed by atoms with Crippen LogP contribution in [0.4, 0.5) is 0 Å². The molecule has 1 aromatic heterocycles. The molecule has 0 saturated carbocycles. The molecular weight excluding hydrogens is 380 g/mol. The lowest BCUT2D eigenvalue weighted by atomic mass is 10.0. The van der Waals surface area contributed by atoms with Crippen molar-refractivity contribution in [1.82, 2.24) is 0 Å². The highest BCUT2D eigenvalue weighted by molar-refractivity contribution is 7.99. The van der Waals surface area contributed by atoms with Crippen LogP contribution in [-0.4, -0.2) is 5.11 Å². The molecule has 0 radical (unpaired) electrons. The van der Waals surface area contributed by atoms with Gasteiger partial charge in [-0.3, -0.25) is 0 Å². The Balaban J connectivity index is 1.68. The molecule has 3 nitrogen and oxygen atoms in total. The van der Waals surface area contributed by atoms with Crippen molar-refractivity contribution in [3.63, 3.8) is 0 Å². The molecule has 0 fully saturated rings. The summed E-state index contributed by atoms with van der Waals surface area (Å²) in [5, 5.41) is 10.6. The first-order valence-corrected chi connectivity index (χ1v) is 10.3. The molecule has 4 heteroatoms. The number of aromatic hydroxyl groups is 1. The number of hydrogen-bond donors (Lipinski definition) is 1. The summed E-state index contributed by atoms with van der Waals surface area (Å²) in [6.07, 6.45) is 0.368. The third-order valence-electron chi connectivity index (χ3n) is 4.67. The minimum absolute atomic E-state index is 0.0324. The second-order valence-electron chi connectivity index (χ2n) is 6.66. The van der Waals surface area contributed by atoms with Gasteiger partial charge in [0.25, 0.3) is 0 Å². The maximum atomic E-state index is 12.7. The van der Waals surface area contributed by atoms with Crippen molar-refractivity contribution >= 4 is 11.8 Å². The maximum absolute atomic E-state index is 12.7. The van der Waals surface area contributed by atoms with Crippen molar-refractivity contribution in [2.75, 3.05) is 0 Å². The fraction of sp³-hybridized carbons (Fsp3) is 0.0800. The van der Waals surface area contributed by atoms with Crippen LogP contribution in [0.1, 0.15) is 16.4 Å². The molecule has 4 aromatic rings. The number of hydrogen-bond acceptors (Lipinski definition) is 4. The summed E-state index contributed by atoms with van der Waals surface area (Å²) in [7, 11) is 0. The minimum Gasteiger partial charge on any atom is -0.507 e. The van der Waals surface area contributed by atoms with E-state index in [4.69, 9.17) is 4.42 Å². The number of thioether (sulfide) groups is 1. The van der Waals surface area contributed by atoms with Crippen LogP contribution >= 0.6 is 11.8 Å². The Hall–Kier alpha value is -3.24. The van der Waals surface area contributed by atoms with Gasteiger partial charge in [-0.1, -0.05) is 78.9 Å². The van der Waals surface area contributed by atoms with Crippen molar-refractivity contribution < 1.29 is 9.52 Å². The fourth-order valence-electron chi connectivity index (χ4n) is 3.18. The van der Waals surface area contributed by atoms with Crippen molar-refractivity contribution in [2.45, 2.75) is 16.6 Å². The second kappa shape index (κ2) is 8.84. The first-order chi connectivity index (χ1) is 14.2. The Morgan fingerprint density at radius 2 is 1.41 bits per heavy atom. The molecule has 0 spiro atoms. The minimum atomic E-state index is -0.501. The second-order valence-corrected chi connectivity index (χ2v) is 7.94. The number of benzene rings is 3. The van der Waals surface area contributed by atoms with Crippen LogP contribution in [0.3, 0.4) is 0 Å². The van der Waals surface area contributed by atoms with E-state index in [2.05, 4.69) is 0 Å². The fourth-order valence-corrected chi connectivity index (χ4v) is 4.37. The molecule has 29 heavy (non-hydrogen) atoms. The van der Waals surface area contributed by atoms with Gasteiger partial charge < -0.3 is 9.52 Å². The Morgan fingerprint density at radius 3 is 2.03 bits per heavy atom. The molecule has 144 valence electrons. The molecule has 1 unspecified atom stereocenters. The van der Waals surface area contributed by atoms with Crippen molar-refractivity contribution in [3.05, 3.63) is 119 Å². The van der Waals surface area contributed by atoms with Crippen LogP contribution in [0.15, 0.2) is 111 Å². The third kappa shape index (κ3) is 4.61. The lowest BCUT2D eigenvalue weighted by Gasteiger charge is -2.17. The summed E-state index contributed by atoms with van der Waals surface area (Å²) in [5.41, 5.74) is 1.64. The van der Waals surface area contributed by atoms with Crippen LogP contribution in [0, 0.1) is 0 Å². The van der Waals surface area contributed by atoms with E-state index in [1.54, 1.807) is 11.8 Å². The SMILES string of the molecule is O=c1oc(-c2ccccc2)cc(O)c1CC(Sc1ccccc1)c1ccccc1. The Kier molecular flexibility index (Phi) is 5.82. The molecule has 0 saturated heterocycles. The highest BCUT2D eigenvalue weighted by Crippen LogP contribution is 2.38. The molecule has 0 aliphatic carbocycles. The molecule has 1 heterocycles. The average Bonchev–Trinajstić information content (AvgIpc) is 2.77. The molecular formula is C25H20O3S. The van der Waals surface area contributed by atoms with E-state index in [0.717, 1.165) is 16.0 Å². The van der Waals surface area contributed by atoms with Crippen LogP contribution < -0.4 is 5.63 Å². The van der Waals surface area contributed by atoms with Gasteiger partial charge in [-0.05, 0) is 24.1 Å². The maximum Gasteiger partial charge on any atom is 0.343 e. The van der Waals surface area contributed by atoms with Gasteiger partial charge >= 0.3 is 5.63 Å². The van der Waals surface area contributed by atoms with Crippen LogP contribution in [0.5, 0.6) is 5.75 Å². The van der Waals surface area contributed by atoms with Gasteiger partial charge in [0.1, 0.15) is 11.5 Å². The van der Waals surface area contributed by atoms with Gasteiger partial charge in [0, 0.05) is 21.8 Å². The first kappa shape index (κ1) is 19.1. The van der Waals surface area contributed by atoms with E-state index in [-0.39, 0.29) is 11.0 Å². The van der Waals surface area contributed by atoms with Crippen molar-refractivity contribution in [1.29, 1.82) is 0 Å². The molecule has 1 N–H and O–H groups in total. The van der Waals surface area contributed by atoms with Gasteiger partial charge in [-0.15, -0.1) is 11.8 Å². The molecule has 0 aliphatic rings. The Bertz CT molecular complexity index is 1120. The lowest BCUT2D eigenvalue weighted by molar-refractivity contribution is 0.440. The quantitative estimate of drug-likeness (QED) is 0.398. The summed E-state index contributed by atoms with van der Waals surface area (Å²) in [5.74, 6) is 0.332. The molecule has 1 atom stereocenters. The Labute approximate surface area is 173 Å². The third-order valence-corrected chi connectivity index (χ3v) is 5.93. The highest BCUT2D eigenvalue weighted by atomic mass is 32.2. The van der Waals surface area contributed by atoms with Gasteiger partial charge in [0.2, 0.25) is 0 Å². The zero-order valence-electron chi connectivity index (χ0n) is 15.7. The topological polar surface area (TPSA) is 50.4 Å². The first-order valence-electron chi connectivity index (χ1n) is 9.39. The molecule has 0 bridgehead atoms. The summed E-state index contributed by atoms with van der Waals surface area (Å²) in [4.78, 5) is 13.8. The summed E-state index contributed by atoms with van der Waals surface area (Å²) < 4.78 is 5.54. The molecule has 0 aliphatic heterocycles. The molecule has 0 amide bonds. The van der Waals surface area contributed by atoms with E-state index >= 15 is 0 Å². The average molecular weight is 400 g/mol. The van der Waals surface area contributed by atoms with E-state index in [0.29, 0.717) is 17.7 Å². The largest absolute Gasteiger partial charge is 0.507 e. The molecule has 3 aromatic carbocycles. The number of rotatable bonds is 6. The highest BCUT2D eigenvalue weighted by Gasteiger charge is 2.20. The summed E-state index contributed by atoms with van der Waals surface area (Å²) >= 11 is 1.66. The summed E-state index contributed by atoms with van der Waals surface area (Å²) in [6, 6.07) is 30.9. The smallest absolute Gasteiger partial charge is 0.343 e. The standard InChI is InChI=1S/C25H20O3S/c26-22-17-23(18-10-4-1-5-11-18)28-25(27)21(22)16-24(19-12-6-2-7-13-19)29-20-14-8-3-9-15-20/h1-15,17,24,26H,16H2. The van der Waals surface area contributed by atoms with Crippen LogP contribution in [0.25, 0.3) is 11.3 Å². The van der Waals surface area contributed by atoms with Crippen LogP contribution in [0.2, 0.25) is 0 Å². The predicted octanol–water partition coefficient (Wildman–Crippen LogP) is 6.09. The lowest BCUT2D eigenvalue weighted by Crippen LogP contribution is -2.11. The Morgan fingerprint density at radius 1 is 0.828 bits per heavy atom. The van der Waals surface area contributed by atoms with E-state index < -0.39 is 5.63 Å². The van der Waals surface area contributed by atoms with Crippen molar-refractivity contribution in [2.24, 2.45) is 0 Å². The molecule has 4 rings (SSSR count). The monoisotopic (exact) mass is 400 g/mol. The van der Waals surface area contributed by atoms with E-state index in [1.807, 2.05) is 91.0 Å². The zero-order chi connectivity index (χ0) is 20.1. The summed E-state index contributed by atoms with van der Waals surface area (Å²) in [6.45, 7) is 0. The normalized spacial score (nSPS) is 11.9. The van der Waals surface area contributed by atoms with Gasteiger partial charge in [0.15, 0.2) is 0 Å². The van der Waals surface area contributed by atoms with E-state index in [1.165, 1.54) is 6.07 Å². The van der Waals surface area contributed by atoms with Crippen molar-refractivity contribution in [3.8, 4) is 17.1 Å². The van der Waals surface area contributed by atoms with E-state index in [9.17, 15) is 9.90 Å². The van der Waals surface area contributed by atoms with Gasteiger partial charge in [-0.25, -0.2) is 4.79 Å².